The second kappa shape index (κ2) is 4.65. The fourth-order valence-corrected chi connectivity index (χ4v) is 1.33. The Balaban J connectivity index is 3.21. The summed E-state index contributed by atoms with van der Waals surface area (Å²) in [7, 11) is 1.29. The molecule has 1 aromatic carbocycles. The molecule has 0 aromatic heterocycles. The molecule has 0 atom stereocenters. The number of amides is 1. The van der Waals surface area contributed by atoms with Crippen molar-refractivity contribution in [2.24, 2.45) is 0 Å². The summed E-state index contributed by atoms with van der Waals surface area (Å²) < 4.78 is 4.62. The number of anilines is 2. The van der Waals surface area contributed by atoms with Crippen molar-refractivity contribution in [3.05, 3.63) is 23.3 Å². The molecule has 0 radical (unpaired) electrons. The third kappa shape index (κ3) is 2.50. The number of methoxy groups -OCH3 is 1. The van der Waals surface area contributed by atoms with Crippen molar-refractivity contribution in [3.8, 4) is 0 Å². The highest BCUT2D eigenvalue weighted by molar-refractivity contribution is 5.96. The van der Waals surface area contributed by atoms with Crippen LogP contribution in [-0.4, -0.2) is 19.0 Å². The SMILES string of the molecule is COC(=O)c1cc(NC(C)=O)cc(N)c1C. The summed E-state index contributed by atoms with van der Waals surface area (Å²) in [6.45, 7) is 3.10. The lowest BCUT2D eigenvalue weighted by Gasteiger charge is -2.10. The highest BCUT2D eigenvalue weighted by Crippen LogP contribution is 2.23. The predicted molar refractivity (Wildman–Crippen MR) is 61.2 cm³/mol. The van der Waals surface area contributed by atoms with Crippen LogP contribution in [0.25, 0.3) is 0 Å². The van der Waals surface area contributed by atoms with Gasteiger partial charge in [0, 0.05) is 18.3 Å². The van der Waals surface area contributed by atoms with E-state index in [4.69, 9.17) is 5.73 Å². The Labute approximate surface area is 93.6 Å². The Bertz CT molecular complexity index is 441. The van der Waals surface area contributed by atoms with Crippen LogP contribution in [0.2, 0.25) is 0 Å². The molecule has 5 nitrogen and oxygen atoms in total. The number of ether oxygens (including phenoxy) is 1. The first-order valence-electron chi connectivity index (χ1n) is 4.71. The Morgan fingerprint density at radius 1 is 1.38 bits per heavy atom. The smallest absolute Gasteiger partial charge is 0.338 e. The van der Waals surface area contributed by atoms with E-state index in [1.165, 1.54) is 14.0 Å². The third-order valence-electron chi connectivity index (χ3n) is 2.17. The number of esters is 1. The number of hydrogen-bond donors (Lipinski definition) is 2. The monoisotopic (exact) mass is 222 g/mol. The van der Waals surface area contributed by atoms with Crippen LogP contribution in [0.15, 0.2) is 12.1 Å². The van der Waals surface area contributed by atoms with Crippen LogP contribution in [0.4, 0.5) is 11.4 Å². The van der Waals surface area contributed by atoms with Gasteiger partial charge in [-0.15, -0.1) is 0 Å². The number of benzene rings is 1. The van der Waals surface area contributed by atoms with Crippen LogP contribution in [0, 0.1) is 6.92 Å². The van der Waals surface area contributed by atoms with Crippen LogP contribution in [0.1, 0.15) is 22.8 Å². The van der Waals surface area contributed by atoms with Gasteiger partial charge in [0.05, 0.1) is 12.7 Å². The van der Waals surface area contributed by atoms with Gasteiger partial charge in [0.1, 0.15) is 0 Å². The minimum Gasteiger partial charge on any atom is -0.465 e. The van der Waals surface area contributed by atoms with Crippen molar-refractivity contribution in [2.75, 3.05) is 18.2 Å². The number of rotatable bonds is 2. The fourth-order valence-electron chi connectivity index (χ4n) is 1.33. The first kappa shape index (κ1) is 12.0. The molecule has 16 heavy (non-hydrogen) atoms. The van der Waals surface area contributed by atoms with Crippen molar-refractivity contribution in [2.45, 2.75) is 13.8 Å². The van der Waals surface area contributed by atoms with Gasteiger partial charge in [0.25, 0.3) is 0 Å². The molecule has 0 bridgehead atoms. The average molecular weight is 222 g/mol. The van der Waals surface area contributed by atoms with Gasteiger partial charge in [-0.05, 0) is 24.6 Å². The van der Waals surface area contributed by atoms with E-state index in [1.54, 1.807) is 19.1 Å². The normalized spacial score (nSPS) is 9.69. The topological polar surface area (TPSA) is 81.4 Å². The molecule has 0 saturated heterocycles. The zero-order valence-corrected chi connectivity index (χ0v) is 9.46. The van der Waals surface area contributed by atoms with Gasteiger partial charge in [-0.1, -0.05) is 0 Å². The Kier molecular flexibility index (Phi) is 3.50. The van der Waals surface area contributed by atoms with Gasteiger partial charge in [0.2, 0.25) is 5.91 Å². The molecule has 0 heterocycles. The molecule has 0 aliphatic rings. The standard InChI is InChI=1S/C11H14N2O3/c1-6-9(11(15)16-3)4-8(5-10(6)12)13-7(2)14/h4-5H,12H2,1-3H3,(H,13,14). The van der Waals surface area contributed by atoms with Crippen molar-refractivity contribution < 1.29 is 14.3 Å². The second-order valence-corrected chi connectivity index (χ2v) is 3.41. The van der Waals surface area contributed by atoms with Gasteiger partial charge < -0.3 is 15.8 Å². The average Bonchev–Trinajstić information content (AvgIpc) is 2.21. The van der Waals surface area contributed by atoms with Crippen molar-refractivity contribution in [1.82, 2.24) is 0 Å². The molecule has 5 heteroatoms. The summed E-state index contributed by atoms with van der Waals surface area (Å²) in [6, 6.07) is 3.14. The largest absolute Gasteiger partial charge is 0.465 e. The first-order valence-corrected chi connectivity index (χ1v) is 4.71. The van der Waals surface area contributed by atoms with Gasteiger partial charge in [0.15, 0.2) is 0 Å². The number of nitrogen functional groups attached to an aromatic ring is 1. The molecule has 0 spiro atoms. The molecular formula is C11H14N2O3. The lowest BCUT2D eigenvalue weighted by Crippen LogP contribution is -2.10. The molecule has 0 aliphatic heterocycles. The maximum atomic E-state index is 11.4. The molecule has 1 amide bonds. The lowest BCUT2D eigenvalue weighted by atomic mass is 10.1. The predicted octanol–water partition coefficient (Wildman–Crippen LogP) is 1.32. The van der Waals surface area contributed by atoms with E-state index in [1.807, 2.05) is 0 Å². The number of carbonyl (C=O) groups excluding carboxylic acids is 2. The highest BCUT2D eigenvalue weighted by atomic mass is 16.5. The van der Waals surface area contributed by atoms with E-state index in [9.17, 15) is 9.59 Å². The number of hydrogen-bond acceptors (Lipinski definition) is 4. The minimum absolute atomic E-state index is 0.223. The third-order valence-corrected chi connectivity index (χ3v) is 2.17. The maximum Gasteiger partial charge on any atom is 0.338 e. The summed E-state index contributed by atoms with van der Waals surface area (Å²) >= 11 is 0. The maximum absolute atomic E-state index is 11.4. The molecule has 1 rings (SSSR count). The Morgan fingerprint density at radius 3 is 2.50 bits per heavy atom. The van der Waals surface area contributed by atoms with Gasteiger partial charge in [-0.3, -0.25) is 4.79 Å². The summed E-state index contributed by atoms with van der Waals surface area (Å²) in [5.41, 5.74) is 7.64. The zero-order valence-electron chi connectivity index (χ0n) is 9.46. The van der Waals surface area contributed by atoms with Crippen LogP contribution in [-0.2, 0) is 9.53 Å². The number of nitrogens with one attached hydrogen (secondary N) is 1. The molecule has 86 valence electrons. The molecule has 1 aromatic rings. The number of nitrogens with two attached hydrogens (primary N) is 1. The molecular weight excluding hydrogens is 208 g/mol. The zero-order chi connectivity index (χ0) is 12.3. The first-order chi connectivity index (χ1) is 7.45. The Hall–Kier alpha value is -2.04. The summed E-state index contributed by atoms with van der Waals surface area (Å²) in [6.07, 6.45) is 0. The van der Waals surface area contributed by atoms with Crippen molar-refractivity contribution in [1.29, 1.82) is 0 Å². The van der Waals surface area contributed by atoms with Gasteiger partial charge >= 0.3 is 5.97 Å². The van der Waals surface area contributed by atoms with E-state index in [0.29, 0.717) is 22.5 Å². The van der Waals surface area contributed by atoms with Crippen molar-refractivity contribution >= 4 is 23.3 Å². The molecule has 0 fully saturated rings. The van der Waals surface area contributed by atoms with E-state index >= 15 is 0 Å². The second-order valence-electron chi connectivity index (χ2n) is 3.41. The van der Waals surface area contributed by atoms with Gasteiger partial charge in [-0.2, -0.15) is 0 Å². The minimum atomic E-state index is -0.476. The van der Waals surface area contributed by atoms with Crippen LogP contribution in [0.5, 0.6) is 0 Å². The van der Waals surface area contributed by atoms with Crippen LogP contribution in [0.3, 0.4) is 0 Å². The molecule has 0 aliphatic carbocycles. The van der Waals surface area contributed by atoms with Crippen LogP contribution < -0.4 is 11.1 Å². The fraction of sp³-hybridized carbons (Fsp3) is 0.273. The van der Waals surface area contributed by atoms with E-state index in [0.717, 1.165) is 0 Å². The quantitative estimate of drug-likeness (QED) is 0.584. The summed E-state index contributed by atoms with van der Waals surface area (Å²) in [5.74, 6) is -0.699. The highest BCUT2D eigenvalue weighted by Gasteiger charge is 2.13. The van der Waals surface area contributed by atoms with Gasteiger partial charge in [-0.25, -0.2) is 4.79 Å². The molecule has 0 saturated carbocycles. The molecule has 3 N–H and O–H groups in total. The van der Waals surface area contributed by atoms with Crippen LogP contribution >= 0.6 is 0 Å². The van der Waals surface area contributed by atoms with E-state index in [2.05, 4.69) is 10.1 Å². The lowest BCUT2D eigenvalue weighted by molar-refractivity contribution is -0.114. The molecule has 0 unspecified atom stereocenters. The number of carbonyl (C=O) groups is 2. The van der Waals surface area contributed by atoms with Crippen molar-refractivity contribution in [3.63, 3.8) is 0 Å². The Morgan fingerprint density at radius 2 is 2.00 bits per heavy atom. The summed E-state index contributed by atoms with van der Waals surface area (Å²) in [4.78, 5) is 22.3. The van der Waals surface area contributed by atoms with E-state index in [-0.39, 0.29) is 5.91 Å². The summed E-state index contributed by atoms with van der Waals surface area (Å²) in [5, 5.41) is 2.57. The van der Waals surface area contributed by atoms with E-state index < -0.39 is 5.97 Å².